The first-order chi connectivity index (χ1) is 20.8. The van der Waals surface area contributed by atoms with E-state index in [9.17, 15) is 0 Å². The van der Waals surface area contributed by atoms with Crippen LogP contribution in [0, 0.1) is 6.07 Å². The van der Waals surface area contributed by atoms with Crippen molar-refractivity contribution in [2.75, 3.05) is 4.90 Å². The summed E-state index contributed by atoms with van der Waals surface area (Å²) in [6.07, 6.45) is 5.21. The van der Waals surface area contributed by atoms with Gasteiger partial charge in [-0.15, -0.1) is 41.2 Å². The number of para-hydroxylation sites is 4. The Balaban J connectivity index is 0.000000160. The molecule has 9 heteroatoms. The van der Waals surface area contributed by atoms with Gasteiger partial charge in [-0.3, -0.25) is 0 Å². The molecular weight excluding hydrogens is 749 g/mol. The first-order valence-corrected chi connectivity index (χ1v) is 15.0. The minimum atomic E-state index is 0. The Bertz CT molecular complexity index is 1960. The molecule has 0 saturated carbocycles. The third kappa shape index (κ3) is 5.15. The molecule has 4 aromatic carbocycles. The monoisotopic (exact) mass is 769 g/mol. The predicted octanol–water partition coefficient (Wildman–Crippen LogP) is 8.59. The van der Waals surface area contributed by atoms with Crippen LogP contribution in [0.3, 0.4) is 0 Å². The van der Waals surface area contributed by atoms with Crippen molar-refractivity contribution in [3.63, 3.8) is 0 Å². The van der Waals surface area contributed by atoms with Crippen LogP contribution in [0.25, 0.3) is 33.9 Å². The second kappa shape index (κ2) is 11.8. The summed E-state index contributed by atoms with van der Waals surface area (Å²) in [4.78, 5) is 28.8. The molecule has 0 bridgehead atoms. The van der Waals surface area contributed by atoms with Crippen LogP contribution in [0.2, 0.25) is 0 Å². The molecule has 1 radical (unpaired) electrons. The zero-order chi connectivity index (χ0) is 27.9. The van der Waals surface area contributed by atoms with Gasteiger partial charge in [-0.1, -0.05) is 60.7 Å². The summed E-state index contributed by atoms with van der Waals surface area (Å²) in [5.41, 5.74) is 7.47. The number of fused-ring (bicyclic) bond motifs is 5. The van der Waals surface area contributed by atoms with E-state index in [0.29, 0.717) is 11.6 Å². The summed E-state index contributed by atoms with van der Waals surface area (Å²) in [7, 11) is 0. The molecule has 0 spiro atoms. The van der Waals surface area contributed by atoms with Crippen LogP contribution in [-0.2, 0) is 20.1 Å². The predicted molar refractivity (Wildman–Crippen MR) is 168 cm³/mol. The number of nitrogens with zero attached hydrogens (tertiary/aromatic N) is 6. The first-order valence-electron chi connectivity index (χ1n) is 13.3. The number of hydrogen-bond donors (Lipinski definition) is 0. The largest absolute Gasteiger partial charge is 0.433 e. The van der Waals surface area contributed by atoms with Crippen molar-refractivity contribution in [3.8, 4) is 22.9 Å². The zero-order valence-corrected chi connectivity index (χ0v) is 26.4. The number of benzene rings is 4. The molecule has 209 valence electrons. The zero-order valence-electron chi connectivity index (χ0n) is 22.4. The minimum Gasteiger partial charge on any atom is -0.433 e. The normalized spacial score (nSPS) is 12.2. The van der Waals surface area contributed by atoms with E-state index >= 15 is 0 Å². The Hall–Kier alpha value is -4.27. The van der Waals surface area contributed by atoms with Gasteiger partial charge in [0.1, 0.15) is 0 Å². The third-order valence-electron chi connectivity index (χ3n) is 6.88. The van der Waals surface area contributed by atoms with Gasteiger partial charge in [0.05, 0.1) is 11.4 Å². The number of anilines is 3. The number of imidazole rings is 1. The summed E-state index contributed by atoms with van der Waals surface area (Å²) in [5, 5.41) is 0. The number of hydrogen-bond acceptors (Lipinski definition) is 7. The molecular formula is C34H20IrN6S2-2. The fourth-order valence-electron chi connectivity index (χ4n) is 5.03. The van der Waals surface area contributed by atoms with Gasteiger partial charge >= 0.3 is 0 Å². The second-order valence-corrected chi connectivity index (χ2v) is 11.7. The Morgan fingerprint density at radius 2 is 1.33 bits per heavy atom. The van der Waals surface area contributed by atoms with Crippen LogP contribution in [-0.4, -0.2) is 19.9 Å². The van der Waals surface area contributed by atoms with Gasteiger partial charge in [0, 0.05) is 48.5 Å². The van der Waals surface area contributed by atoms with Gasteiger partial charge in [0.25, 0.3) is 0 Å². The quantitative estimate of drug-likeness (QED) is 0.162. The molecule has 7 aromatic rings. The fraction of sp³-hybridized carbons (Fsp3) is 0. The van der Waals surface area contributed by atoms with Crippen LogP contribution in [0.15, 0.2) is 141 Å². The summed E-state index contributed by atoms with van der Waals surface area (Å²) < 4.78 is 0. The van der Waals surface area contributed by atoms with Crippen molar-refractivity contribution >= 4 is 51.6 Å². The Kier molecular flexibility index (Phi) is 7.55. The molecule has 9 rings (SSSR count). The van der Waals surface area contributed by atoms with Crippen LogP contribution in [0.5, 0.6) is 0 Å². The van der Waals surface area contributed by atoms with Crippen molar-refractivity contribution in [1.82, 2.24) is 24.9 Å². The van der Waals surface area contributed by atoms with Crippen molar-refractivity contribution in [2.45, 2.75) is 19.6 Å². The molecule has 2 aliphatic rings. The molecule has 0 atom stereocenters. The third-order valence-corrected chi connectivity index (χ3v) is 9.04. The molecule has 43 heavy (non-hydrogen) atoms. The first kappa shape index (κ1) is 27.6. The van der Waals surface area contributed by atoms with E-state index in [4.69, 9.17) is 0 Å². The Morgan fingerprint density at radius 3 is 2.07 bits per heavy atom. The van der Waals surface area contributed by atoms with E-state index in [2.05, 4.69) is 90.5 Å². The smallest absolute Gasteiger partial charge is 0.150 e. The van der Waals surface area contributed by atoms with Crippen LogP contribution in [0.1, 0.15) is 0 Å². The average molecular weight is 769 g/mol. The van der Waals surface area contributed by atoms with Crippen molar-refractivity contribution in [3.05, 3.63) is 128 Å². The van der Waals surface area contributed by atoms with Crippen LogP contribution >= 0.6 is 23.5 Å². The van der Waals surface area contributed by atoms with E-state index < -0.39 is 0 Å². The van der Waals surface area contributed by atoms with Crippen molar-refractivity contribution in [1.29, 1.82) is 0 Å². The van der Waals surface area contributed by atoms with Gasteiger partial charge in [0.2, 0.25) is 0 Å². The molecule has 3 aromatic heterocycles. The van der Waals surface area contributed by atoms with Gasteiger partial charge in [-0.25, -0.2) is 9.97 Å². The van der Waals surface area contributed by atoms with Crippen molar-refractivity contribution in [2.24, 2.45) is 0 Å². The van der Waals surface area contributed by atoms with E-state index in [-0.39, 0.29) is 20.1 Å². The Morgan fingerprint density at radius 1 is 0.651 bits per heavy atom. The second-order valence-electron chi connectivity index (χ2n) is 9.52. The molecule has 0 aliphatic carbocycles. The summed E-state index contributed by atoms with van der Waals surface area (Å²) in [5.74, 6) is 1.14. The maximum Gasteiger partial charge on any atom is 0.150 e. The number of rotatable bonds is 2. The molecule has 2 aliphatic heterocycles. The van der Waals surface area contributed by atoms with Crippen LogP contribution in [0.4, 0.5) is 17.1 Å². The van der Waals surface area contributed by atoms with Crippen molar-refractivity contribution < 1.29 is 20.1 Å². The van der Waals surface area contributed by atoms with E-state index in [1.165, 1.54) is 31.7 Å². The van der Waals surface area contributed by atoms with E-state index in [1.54, 1.807) is 30.2 Å². The van der Waals surface area contributed by atoms with Gasteiger partial charge < -0.3 is 19.9 Å². The van der Waals surface area contributed by atoms with E-state index in [0.717, 1.165) is 27.2 Å². The van der Waals surface area contributed by atoms with Gasteiger partial charge in [-0.05, 0) is 74.4 Å². The SMILES string of the molecule is [Ir].[c-]1c(-c2ccccn2)cc2c3c1Sc1ccccc1N3c1ccccc1S2.c1cnc(-c2nc3ccccc3[n-]2)nc1. The molecule has 0 fully saturated rings. The maximum absolute atomic E-state index is 4.54. The molecule has 5 heterocycles. The van der Waals surface area contributed by atoms with E-state index in [1.807, 2.05) is 60.4 Å². The summed E-state index contributed by atoms with van der Waals surface area (Å²) >= 11 is 3.63. The molecule has 0 amide bonds. The van der Waals surface area contributed by atoms with Gasteiger partial charge in [0.15, 0.2) is 5.82 Å². The topological polar surface area (TPSA) is 68.9 Å². The molecule has 0 unspecified atom stereocenters. The molecule has 0 N–H and O–H groups in total. The minimum absolute atomic E-state index is 0. The molecule has 6 nitrogen and oxygen atoms in total. The number of pyridine rings is 1. The number of aromatic nitrogens is 5. The summed E-state index contributed by atoms with van der Waals surface area (Å²) in [6, 6.07) is 38.6. The Labute approximate surface area is 270 Å². The standard InChI is InChI=1S/C23H13N2S2.C11H7N4.Ir/c1-3-10-19-17(8-1)25-18-9-2-4-11-20(18)27-22-14-15(13-21(26-19)23(22)25)16-7-5-6-12-24-16;1-2-5-9-8(4-1)14-11(15-9)10-12-6-3-7-13-10;/h1-13H;1-7H;/q2*-1;. The fourth-order valence-corrected chi connectivity index (χ4v) is 7.30. The summed E-state index contributed by atoms with van der Waals surface area (Å²) in [6.45, 7) is 0. The van der Waals surface area contributed by atoms with Gasteiger partial charge in [-0.2, -0.15) is 0 Å². The maximum atomic E-state index is 4.54. The molecule has 0 saturated heterocycles. The average Bonchev–Trinajstić information content (AvgIpc) is 3.50. The van der Waals surface area contributed by atoms with Crippen LogP contribution < -0.4 is 9.88 Å².